The molecule has 3 rings (SSSR count). The van der Waals surface area contributed by atoms with E-state index in [0.29, 0.717) is 38.0 Å². The van der Waals surface area contributed by atoms with Crippen LogP contribution in [0.3, 0.4) is 0 Å². The van der Waals surface area contributed by atoms with Gasteiger partial charge in [0.2, 0.25) is 5.13 Å². The number of anilines is 1. The Kier molecular flexibility index (Phi) is 8.71. The van der Waals surface area contributed by atoms with Crippen molar-refractivity contribution in [3.63, 3.8) is 0 Å². The largest absolute Gasteiger partial charge is 0.493 e. The summed E-state index contributed by atoms with van der Waals surface area (Å²) in [4.78, 5) is 12.4. The molecule has 34 heavy (non-hydrogen) atoms. The van der Waals surface area contributed by atoms with Gasteiger partial charge in [0.15, 0.2) is 11.5 Å². The highest BCUT2D eigenvalue weighted by molar-refractivity contribution is 7.15. The normalized spacial score (nSPS) is 11.0. The molecule has 0 aliphatic carbocycles. The van der Waals surface area contributed by atoms with E-state index in [2.05, 4.69) is 15.5 Å². The smallest absolute Gasteiger partial charge is 0.268 e. The Morgan fingerprint density at radius 2 is 1.91 bits per heavy atom. The van der Waals surface area contributed by atoms with Crippen LogP contribution in [0.5, 0.6) is 17.2 Å². The van der Waals surface area contributed by atoms with E-state index in [9.17, 15) is 10.1 Å². The molecule has 0 bridgehead atoms. The minimum absolute atomic E-state index is 0.133. The summed E-state index contributed by atoms with van der Waals surface area (Å²) in [5.74, 6) is 0.738. The van der Waals surface area contributed by atoms with Gasteiger partial charge in [0.05, 0.1) is 12.1 Å². The van der Waals surface area contributed by atoms with Crippen molar-refractivity contribution in [1.82, 2.24) is 10.2 Å². The Bertz CT molecular complexity index is 1270. The Morgan fingerprint density at radius 3 is 2.56 bits per heavy atom. The molecule has 0 atom stereocenters. The summed E-state index contributed by atoms with van der Waals surface area (Å²) in [6.07, 6.45) is 1.40. The second-order valence-electron chi connectivity index (χ2n) is 6.89. The fraction of sp³-hybridized carbons (Fsp3) is 0.217. The van der Waals surface area contributed by atoms with Gasteiger partial charge >= 0.3 is 0 Å². The monoisotopic (exact) mass is 518 g/mol. The van der Waals surface area contributed by atoms with Gasteiger partial charge in [-0.1, -0.05) is 34.5 Å². The van der Waals surface area contributed by atoms with Gasteiger partial charge in [0.25, 0.3) is 5.91 Å². The highest BCUT2D eigenvalue weighted by Gasteiger charge is 2.15. The molecule has 0 radical (unpaired) electrons. The van der Waals surface area contributed by atoms with Gasteiger partial charge < -0.3 is 14.2 Å². The third-order valence-electron chi connectivity index (χ3n) is 4.40. The quantitative estimate of drug-likeness (QED) is 0.227. The number of nitrogens with zero attached hydrogens (tertiary/aromatic N) is 3. The number of benzene rings is 2. The van der Waals surface area contributed by atoms with Crippen LogP contribution >= 0.6 is 34.5 Å². The van der Waals surface area contributed by atoms with Gasteiger partial charge in [0.1, 0.15) is 35.6 Å². The van der Waals surface area contributed by atoms with Crippen LogP contribution in [-0.2, 0) is 4.79 Å². The fourth-order valence-electron chi connectivity index (χ4n) is 2.80. The maximum Gasteiger partial charge on any atom is 0.268 e. The van der Waals surface area contributed by atoms with Crippen LogP contribution in [0.2, 0.25) is 10.0 Å². The van der Waals surface area contributed by atoms with Crippen LogP contribution < -0.4 is 19.5 Å². The average molecular weight is 519 g/mol. The SMILES string of the molecule is COc1cc(/C=C(/C#N)C(=O)Nc2nnc(C)s2)cc(Cl)c1OCCOc1ccc(Cl)c(C)c1. The lowest BCUT2D eigenvalue weighted by Gasteiger charge is -2.14. The van der Waals surface area contributed by atoms with Crippen molar-refractivity contribution in [2.24, 2.45) is 0 Å². The molecule has 0 spiro atoms. The molecule has 1 heterocycles. The molecule has 3 aromatic rings. The number of methoxy groups -OCH3 is 1. The molecule has 1 N–H and O–H groups in total. The summed E-state index contributed by atoms with van der Waals surface area (Å²) >= 11 is 13.6. The average Bonchev–Trinajstić information content (AvgIpc) is 3.22. The number of rotatable bonds is 9. The number of aryl methyl sites for hydroxylation is 2. The van der Waals surface area contributed by atoms with E-state index in [1.807, 2.05) is 19.1 Å². The van der Waals surface area contributed by atoms with E-state index in [0.717, 1.165) is 5.56 Å². The van der Waals surface area contributed by atoms with Crippen molar-refractivity contribution in [3.05, 3.63) is 62.1 Å². The van der Waals surface area contributed by atoms with Crippen molar-refractivity contribution >= 4 is 51.7 Å². The van der Waals surface area contributed by atoms with Gasteiger partial charge in [-0.3, -0.25) is 10.1 Å². The minimum Gasteiger partial charge on any atom is -0.493 e. The van der Waals surface area contributed by atoms with Crippen LogP contribution in [0, 0.1) is 25.2 Å². The molecular formula is C23H20Cl2N4O4S. The first-order valence-electron chi connectivity index (χ1n) is 9.93. The number of nitriles is 1. The van der Waals surface area contributed by atoms with Crippen LogP contribution in [0.25, 0.3) is 6.08 Å². The lowest BCUT2D eigenvalue weighted by molar-refractivity contribution is -0.112. The van der Waals surface area contributed by atoms with Crippen LogP contribution in [0.15, 0.2) is 35.9 Å². The Hall–Kier alpha value is -3.32. The summed E-state index contributed by atoms with van der Waals surface area (Å²) < 4.78 is 16.8. The Labute approximate surface area is 210 Å². The number of hydrogen-bond acceptors (Lipinski definition) is 8. The van der Waals surface area contributed by atoms with Crippen molar-refractivity contribution in [2.45, 2.75) is 13.8 Å². The van der Waals surface area contributed by atoms with E-state index in [1.165, 1.54) is 24.5 Å². The van der Waals surface area contributed by atoms with Gasteiger partial charge in [-0.25, -0.2) is 0 Å². The van der Waals surface area contributed by atoms with Crippen LogP contribution in [0.1, 0.15) is 16.1 Å². The molecule has 0 aliphatic heterocycles. The summed E-state index contributed by atoms with van der Waals surface area (Å²) in [6, 6.07) is 10.5. The topological polar surface area (TPSA) is 106 Å². The standard InChI is InChI=1S/C23H20Cl2N4O4S/c1-13-8-17(4-5-18(13)24)32-6-7-33-21-19(25)10-15(11-20(21)31-3)9-16(12-26)22(30)27-23-29-28-14(2)34-23/h4-5,8-11H,6-7H2,1-3H3,(H,27,29,30)/b16-9-. The molecular weight excluding hydrogens is 499 g/mol. The number of hydrogen-bond donors (Lipinski definition) is 1. The molecule has 0 aliphatic rings. The highest BCUT2D eigenvalue weighted by atomic mass is 35.5. The lowest BCUT2D eigenvalue weighted by Crippen LogP contribution is -2.13. The van der Waals surface area contributed by atoms with Crippen molar-refractivity contribution < 1.29 is 19.0 Å². The first kappa shape index (κ1) is 25.3. The van der Waals surface area contributed by atoms with Gasteiger partial charge in [-0.15, -0.1) is 10.2 Å². The highest BCUT2D eigenvalue weighted by Crippen LogP contribution is 2.37. The molecule has 8 nitrogen and oxygen atoms in total. The number of amides is 1. The third-order valence-corrected chi connectivity index (χ3v) is 5.86. The molecule has 1 aromatic heterocycles. The number of ether oxygens (including phenoxy) is 3. The Balaban J connectivity index is 1.68. The second kappa shape index (κ2) is 11.7. The van der Waals surface area contributed by atoms with Gasteiger partial charge in [-0.05, 0) is 61.4 Å². The van der Waals surface area contributed by atoms with Crippen molar-refractivity contribution in [2.75, 3.05) is 25.6 Å². The van der Waals surface area contributed by atoms with E-state index < -0.39 is 5.91 Å². The van der Waals surface area contributed by atoms with Gasteiger partial charge in [0, 0.05) is 5.02 Å². The number of aromatic nitrogens is 2. The summed E-state index contributed by atoms with van der Waals surface area (Å²) in [6.45, 7) is 4.13. The van der Waals surface area contributed by atoms with Crippen LogP contribution in [0.4, 0.5) is 5.13 Å². The molecule has 176 valence electrons. The zero-order valence-electron chi connectivity index (χ0n) is 18.5. The Morgan fingerprint density at radius 1 is 1.15 bits per heavy atom. The molecule has 11 heteroatoms. The van der Waals surface area contributed by atoms with E-state index in [-0.39, 0.29) is 23.8 Å². The first-order chi connectivity index (χ1) is 16.3. The first-order valence-corrected chi connectivity index (χ1v) is 11.5. The predicted molar refractivity (Wildman–Crippen MR) is 132 cm³/mol. The summed E-state index contributed by atoms with van der Waals surface area (Å²) in [5.41, 5.74) is 1.27. The number of nitrogens with one attached hydrogen (secondary N) is 1. The molecule has 0 saturated heterocycles. The summed E-state index contributed by atoms with van der Waals surface area (Å²) in [5, 5.41) is 21.6. The fourth-order valence-corrected chi connectivity index (χ4v) is 3.78. The maximum absolute atomic E-state index is 12.4. The molecule has 2 aromatic carbocycles. The predicted octanol–water partition coefficient (Wildman–Crippen LogP) is 5.47. The maximum atomic E-state index is 12.4. The van der Waals surface area contributed by atoms with Crippen LogP contribution in [-0.4, -0.2) is 36.4 Å². The molecule has 0 saturated carbocycles. The number of halogens is 2. The summed E-state index contributed by atoms with van der Waals surface area (Å²) in [7, 11) is 1.47. The molecule has 0 fully saturated rings. The minimum atomic E-state index is -0.608. The molecule has 1 amide bonds. The van der Waals surface area contributed by atoms with Gasteiger partial charge in [-0.2, -0.15) is 5.26 Å². The van der Waals surface area contributed by atoms with E-state index >= 15 is 0 Å². The van der Waals surface area contributed by atoms with E-state index in [4.69, 9.17) is 37.4 Å². The third kappa shape index (κ3) is 6.60. The zero-order valence-corrected chi connectivity index (χ0v) is 20.8. The van der Waals surface area contributed by atoms with Crippen molar-refractivity contribution in [1.29, 1.82) is 5.26 Å². The number of carbonyl (C=O) groups excluding carboxylic acids is 1. The molecule has 0 unspecified atom stereocenters. The second-order valence-corrected chi connectivity index (χ2v) is 8.89. The zero-order chi connectivity index (χ0) is 24.7. The lowest BCUT2D eigenvalue weighted by atomic mass is 10.1. The van der Waals surface area contributed by atoms with E-state index in [1.54, 1.807) is 31.2 Å². The number of carbonyl (C=O) groups is 1. The van der Waals surface area contributed by atoms with Crippen molar-refractivity contribution in [3.8, 4) is 23.3 Å².